The molecular weight excluding hydrogens is 392 g/mol. The molecule has 2 N–H and O–H groups in total. The Morgan fingerprint density at radius 2 is 1.85 bits per heavy atom. The topological polar surface area (TPSA) is 62.5 Å². The second kappa shape index (κ2) is 7.89. The largest absolute Gasteiger partial charge is 0.507 e. The maximum absolute atomic E-state index is 13.9. The normalized spacial score (nSPS) is 12.8. The number of aromatic hydroxyl groups is 1. The molecule has 0 amide bonds. The van der Waals surface area contributed by atoms with Crippen molar-refractivity contribution in [3.05, 3.63) is 73.8 Å². The monoisotopic (exact) mass is 409 g/mol. The van der Waals surface area contributed by atoms with Gasteiger partial charge in [0, 0.05) is 34.6 Å². The Labute approximate surface area is 166 Å². The van der Waals surface area contributed by atoms with E-state index in [2.05, 4.69) is 5.32 Å². The first kappa shape index (κ1) is 19.7. The van der Waals surface area contributed by atoms with Crippen LogP contribution in [0.25, 0.3) is 11.0 Å². The van der Waals surface area contributed by atoms with Gasteiger partial charge in [-0.15, -0.1) is 12.4 Å². The number of phenols is 1. The van der Waals surface area contributed by atoms with Crippen LogP contribution in [0.2, 0.25) is 5.02 Å². The molecule has 0 aliphatic heterocycles. The van der Waals surface area contributed by atoms with Crippen molar-refractivity contribution >= 4 is 35.0 Å². The molecular formula is C20H18Cl2FNO3. The molecule has 7 heteroatoms. The predicted molar refractivity (Wildman–Crippen MR) is 105 cm³/mol. The predicted octanol–water partition coefficient (Wildman–Crippen LogP) is 4.49. The molecule has 4 rings (SSSR count). The molecule has 0 spiro atoms. The maximum Gasteiger partial charge on any atom is 0.339 e. The molecule has 0 bridgehead atoms. The number of fused-ring (bicyclic) bond motifs is 3. The maximum atomic E-state index is 13.9. The number of nitrogens with one attached hydrogen (secondary N) is 1. The summed E-state index contributed by atoms with van der Waals surface area (Å²) in [5.41, 5.74) is 2.64. The van der Waals surface area contributed by atoms with Crippen molar-refractivity contribution < 1.29 is 13.9 Å². The summed E-state index contributed by atoms with van der Waals surface area (Å²) in [7, 11) is 0. The Bertz CT molecular complexity index is 1050. The molecule has 4 nitrogen and oxygen atoms in total. The molecule has 1 aliphatic rings. The quantitative estimate of drug-likeness (QED) is 0.623. The van der Waals surface area contributed by atoms with Crippen molar-refractivity contribution in [3.8, 4) is 5.75 Å². The van der Waals surface area contributed by atoms with Crippen LogP contribution in [-0.4, -0.2) is 5.11 Å². The van der Waals surface area contributed by atoms with Gasteiger partial charge in [-0.25, -0.2) is 9.18 Å². The fourth-order valence-electron chi connectivity index (χ4n) is 3.58. The summed E-state index contributed by atoms with van der Waals surface area (Å²) in [5.74, 6) is -0.359. The minimum atomic E-state index is -0.392. The standard InChI is InChI=1S/C20H17ClFNO3.ClH/c21-16-5-2-6-17(22)14(16)9-23-10-15-18(24)8-7-12-11-3-1-4-13(11)20(25)26-19(12)15;/h2,5-8,23-24H,1,3-4,9-10H2;1H. The van der Waals surface area contributed by atoms with E-state index in [1.54, 1.807) is 24.3 Å². The summed E-state index contributed by atoms with van der Waals surface area (Å²) < 4.78 is 19.4. The molecule has 27 heavy (non-hydrogen) atoms. The molecule has 1 aromatic heterocycles. The van der Waals surface area contributed by atoms with E-state index in [1.807, 2.05) is 0 Å². The highest BCUT2D eigenvalue weighted by Crippen LogP contribution is 2.33. The van der Waals surface area contributed by atoms with Crippen LogP contribution in [0.5, 0.6) is 5.75 Å². The van der Waals surface area contributed by atoms with Gasteiger partial charge in [-0.3, -0.25) is 0 Å². The molecule has 0 atom stereocenters. The summed E-state index contributed by atoms with van der Waals surface area (Å²) in [6.07, 6.45) is 2.49. The van der Waals surface area contributed by atoms with Gasteiger partial charge >= 0.3 is 5.63 Å². The summed E-state index contributed by atoms with van der Waals surface area (Å²) in [6, 6.07) is 7.91. The minimum absolute atomic E-state index is 0. The van der Waals surface area contributed by atoms with E-state index in [4.69, 9.17) is 16.0 Å². The van der Waals surface area contributed by atoms with Gasteiger partial charge in [-0.1, -0.05) is 17.7 Å². The van der Waals surface area contributed by atoms with Crippen molar-refractivity contribution in [1.29, 1.82) is 0 Å². The number of hydrogen-bond donors (Lipinski definition) is 2. The van der Waals surface area contributed by atoms with Gasteiger partial charge in [-0.05, 0) is 49.1 Å². The van der Waals surface area contributed by atoms with E-state index in [-0.39, 0.29) is 36.9 Å². The first-order chi connectivity index (χ1) is 12.6. The van der Waals surface area contributed by atoms with Crippen molar-refractivity contribution in [3.63, 3.8) is 0 Å². The fraction of sp³-hybridized carbons (Fsp3) is 0.250. The van der Waals surface area contributed by atoms with E-state index >= 15 is 0 Å². The van der Waals surface area contributed by atoms with Crippen LogP contribution >= 0.6 is 24.0 Å². The van der Waals surface area contributed by atoms with Crippen LogP contribution in [0.15, 0.2) is 39.5 Å². The van der Waals surface area contributed by atoms with Crippen molar-refractivity contribution in [2.45, 2.75) is 32.4 Å². The minimum Gasteiger partial charge on any atom is -0.507 e. The van der Waals surface area contributed by atoms with Gasteiger partial charge in [0.15, 0.2) is 0 Å². The zero-order valence-electron chi connectivity index (χ0n) is 14.4. The van der Waals surface area contributed by atoms with Crippen molar-refractivity contribution in [1.82, 2.24) is 5.32 Å². The lowest BCUT2D eigenvalue weighted by Crippen LogP contribution is -2.15. The van der Waals surface area contributed by atoms with Gasteiger partial charge in [0.25, 0.3) is 0 Å². The molecule has 0 radical (unpaired) electrons. The second-order valence-corrected chi connectivity index (χ2v) is 6.85. The Balaban J connectivity index is 0.00000210. The highest BCUT2D eigenvalue weighted by molar-refractivity contribution is 6.31. The highest BCUT2D eigenvalue weighted by Gasteiger charge is 2.22. The number of aryl methyl sites for hydroxylation is 1. The van der Waals surface area contributed by atoms with E-state index in [0.29, 0.717) is 21.7 Å². The van der Waals surface area contributed by atoms with Gasteiger partial charge in [0.1, 0.15) is 17.1 Å². The molecule has 2 aromatic carbocycles. The average Bonchev–Trinajstić information content (AvgIpc) is 3.10. The number of benzene rings is 2. The van der Waals surface area contributed by atoms with Gasteiger partial charge in [0.2, 0.25) is 0 Å². The SMILES string of the molecule is Cl.O=c1oc2c(CNCc3c(F)cccc3Cl)c(O)ccc2c2c1CCC2. The lowest BCUT2D eigenvalue weighted by molar-refractivity contribution is 0.460. The number of phenolic OH excluding ortho intramolecular Hbond substituents is 1. The first-order valence-electron chi connectivity index (χ1n) is 8.49. The van der Waals surface area contributed by atoms with Crippen LogP contribution in [0.3, 0.4) is 0 Å². The Hall–Kier alpha value is -2.08. The van der Waals surface area contributed by atoms with Crippen LogP contribution in [-0.2, 0) is 25.9 Å². The summed E-state index contributed by atoms with van der Waals surface area (Å²) >= 11 is 6.03. The second-order valence-electron chi connectivity index (χ2n) is 6.44. The molecule has 0 fully saturated rings. The van der Waals surface area contributed by atoms with Crippen molar-refractivity contribution in [2.24, 2.45) is 0 Å². The van der Waals surface area contributed by atoms with Crippen LogP contribution < -0.4 is 10.9 Å². The van der Waals surface area contributed by atoms with Gasteiger partial charge in [-0.2, -0.15) is 0 Å². The zero-order valence-corrected chi connectivity index (χ0v) is 15.9. The zero-order chi connectivity index (χ0) is 18.3. The Morgan fingerprint density at radius 1 is 1.11 bits per heavy atom. The number of halogens is 3. The summed E-state index contributed by atoms with van der Waals surface area (Å²) in [4.78, 5) is 12.2. The third kappa shape index (κ3) is 3.55. The summed E-state index contributed by atoms with van der Waals surface area (Å²) in [6.45, 7) is 0.409. The highest BCUT2D eigenvalue weighted by atomic mass is 35.5. The summed E-state index contributed by atoms with van der Waals surface area (Å²) in [5, 5.41) is 14.5. The van der Waals surface area contributed by atoms with Crippen LogP contribution in [0, 0.1) is 5.82 Å². The molecule has 1 aliphatic carbocycles. The lowest BCUT2D eigenvalue weighted by atomic mass is 10.0. The number of hydrogen-bond acceptors (Lipinski definition) is 4. The number of rotatable bonds is 4. The Morgan fingerprint density at radius 3 is 2.63 bits per heavy atom. The smallest absolute Gasteiger partial charge is 0.339 e. The van der Waals surface area contributed by atoms with Crippen LogP contribution in [0.1, 0.15) is 28.7 Å². The molecule has 0 saturated heterocycles. The third-order valence-corrected chi connectivity index (χ3v) is 5.24. The first-order valence-corrected chi connectivity index (χ1v) is 8.87. The molecule has 0 saturated carbocycles. The molecule has 0 unspecified atom stereocenters. The molecule has 1 heterocycles. The van der Waals surface area contributed by atoms with E-state index < -0.39 is 5.82 Å². The van der Waals surface area contributed by atoms with E-state index in [0.717, 1.165) is 35.8 Å². The van der Waals surface area contributed by atoms with Crippen LogP contribution in [0.4, 0.5) is 4.39 Å². The third-order valence-electron chi connectivity index (χ3n) is 4.89. The van der Waals surface area contributed by atoms with E-state index in [9.17, 15) is 14.3 Å². The lowest BCUT2D eigenvalue weighted by Gasteiger charge is -2.12. The van der Waals surface area contributed by atoms with Crippen molar-refractivity contribution in [2.75, 3.05) is 0 Å². The average molecular weight is 410 g/mol. The van der Waals surface area contributed by atoms with E-state index in [1.165, 1.54) is 6.07 Å². The Kier molecular flexibility index (Phi) is 5.75. The van der Waals surface area contributed by atoms with Gasteiger partial charge < -0.3 is 14.8 Å². The van der Waals surface area contributed by atoms with Gasteiger partial charge in [0.05, 0.1) is 5.56 Å². The molecule has 142 valence electrons. The molecule has 3 aromatic rings. The fourth-order valence-corrected chi connectivity index (χ4v) is 3.81.